The molecule has 0 radical (unpaired) electrons. The van der Waals surface area contributed by atoms with E-state index in [2.05, 4.69) is 143 Å². The molecule has 176 valence electrons. The van der Waals surface area contributed by atoms with E-state index in [1.54, 1.807) is 0 Å². The van der Waals surface area contributed by atoms with E-state index < -0.39 is 0 Å². The van der Waals surface area contributed by atoms with Crippen LogP contribution in [0, 0.1) is 0 Å². The minimum absolute atomic E-state index is 1.17. The average Bonchev–Trinajstić information content (AvgIpc) is 3.46. The smallest absolute Gasteiger partial charge is 0.0640 e. The Bertz CT molecular complexity index is 2230. The molecular formula is C36H22N2. The van der Waals surface area contributed by atoms with Crippen LogP contribution in [0.15, 0.2) is 133 Å². The van der Waals surface area contributed by atoms with Crippen molar-refractivity contribution in [2.45, 2.75) is 0 Å². The van der Waals surface area contributed by atoms with Crippen LogP contribution in [0.1, 0.15) is 0 Å². The van der Waals surface area contributed by atoms with Gasteiger partial charge in [0.05, 0.1) is 27.8 Å². The van der Waals surface area contributed by atoms with E-state index in [0.717, 1.165) is 0 Å². The van der Waals surface area contributed by atoms with Crippen LogP contribution >= 0.6 is 0 Å². The summed E-state index contributed by atoms with van der Waals surface area (Å²) in [4.78, 5) is 0. The molecule has 0 aliphatic carbocycles. The van der Waals surface area contributed by atoms with Gasteiger partial charge in [-0.3, -0.25) is 0 Å². The molecule has 3 heterocycles. The summed E-state index contributed by atoms with van der Waals surface area (Å²) < 4.78 is 4.96. The highest BCUT2D eigenvalue weighted by atomic mass is 15.0. The summed E-state index contributed by atoms with van der Waals surface area (Å²) in [5, 5.41) is 5.13. The lowest BCUT2D eigenvalue weighted by molar-refractivity contribution is 1.16. The second-order valence-electron chi connectivity index (χ2n) is 10.1. The van der Waals surface area contributed by atoms with Crippen LogP contribution in [0.4, 0.5) is 0 Å². The fraction of sp³-hybridized carbons (Fsp3) is 0. The molecule has 1 aliphatic heterocycles. The number of hydrogen-bond donors (Lipinski definition) is 0. The van der Waals surface area contributed by atoms with Crippen molar-refractivity contribution in [3.63, 3.8) is 0 Å². The molecule has 0 spiro atoms. The fourth-order valence-electron chi connectivity index (χ4n) is 6.77. The minimum Gasteiger partial charge on any atom is -0.309 e. The van der Waals surface area contributed by atoms with Crippen molar-refractivity contribution >= 4 is 43.6 Å². The molecule has 2 nitrogen and oxygen atoms in total. The van der Waals surface area contributed by atoms with Gasteiger partial charge in [-0.25, -0.2) is 0 Å². The number of aromatic nitrogens is 2. The largest absolute Gasteiger partial charge is 0.309 e. The van der Waals surface area contributed by atoms with Crippen molar-refractivity contribution in [2.24, 2.45) is 0 Å². The van der Waals surface area contributed by atoms with E-state index in [9.17, 15) is 0 Å². The lowest BCUT2D eigenvalue weighted by Gasteiger charge is -2.17. The molecule has 0 fully saturated rings. The van der Waals surface area contributed by atoms with Gasteiger partial charge in [-0.2, -0.15) is 0 Å². The average molecular weight is 483 g/mol. The SMILES string of the molecule is c1ccc(-n2c3ccccc3c3ccc4c(c32)-c2ccccc2-c2cccc3c5ccccc5n-4c23)cc1. The van der Waals surface area contributed by atoms with Crippen molar-refractivity contribution in [1.29, 1.82) is 0 Å². The first-order chi connectivity index (χ1) is 18.9. The van der Waals surface area contributed by atoms with Gasteiger partial charge < -0.3 is 9.13 Å². The Morgan fingerprint density at radius 2 is 0.921 bits per heavy atom. The molecule has 9 rings (SSSR count). The molecule has 0 atom stereocenters. The molecule has 2 heteroatoms. The van der Waals surface area contributed by atoms with Gasteiger partial charge in [0.2, 0.25) is 0 Å². The highest BCUT2D eigenvalue weighted by molar-refractivity contribution is 6.21. The van der Waals surface area contributed by atoms with E-state index in [4.69, 9.17) is 0 Å². The van der Waals surface area contributed by atoms with Crippen molar-refractivity contribution in [3.05, 3.63) is 133 Å². The summed E-state index contributed by atoms with van der Waals surface area (Å²) in [5.74, 6) is 0. The third-order valence-electron chi connectivity index (χ3n) is 8.25. The molecule has 0 amide bonds. The summed E-state index contributed by atoms with van der Waals surface area (Å²) in [6.45, 7) is 0. The molecule has 0 bridgehead atoms. The number of hydrogen-bond acceptors (Lipinski definition) is 0. The van der Waals surface area contributed by atoms with Crippen LogP contribution in [0.3, 0.4) is 0 Å². The molecular weight excluding hydrogens is 460 g/mol. The van der Waals surface area contributed by atoms with Crippen molar-refractivity contribution in [1.82, 2.24) is 9.13 Å². The zero-order valence-corrected chi connectivity index (χ0v) is 20.6. The predicted molar refractivity (Wildman–Crippen MR) is 160 cm³/mol. The van der Waals surface area contributed by atoms with Crippen molar-refractivity contribution in [2.75, 3.05) is 0 Å². The van der Waals surface area contributed by atoms with E-state index in [-0.39, 0.29) is 0 Å². The summed E-state index contributed by atoms with van der Waals surface area (Å²) in [7, 11) is 0. The lowest BCUT2D eigenvalue weighted by Crippen LogP contribution is -2.00. The van der Waals surface area contributed by atoms with Crippen molar-refractivity contribution in [3.8, 4) is 33.6 Å². The summed E-state index contributed by atoms with van der Waals surface area (Å²) in [6, 6.07) is 48.7. The first-order valence-corrected chi connectivity index (χ1v) is 13.1. The van der Waals surface area contributed by atoms with Gasteiger partial charge >= 0.3 is 0 Å². The zero-order chi connectivity index (χ0) is 24.8. The van der Waals surface area contributed by atoms with Crippen LogP contribution in [-0.2, 0) is 0 Å². The second-order valence-corrected chi connectivity index (χ2v) is 10.1. The molecule has 0 unspecified atom stereocenters. The van der Waals surface area contributed by atoms with Gasteiger partial charge in [-0.05, 0) is 41.5 Å². The topological polar surface area (TPSA) is 9.86 Å². The Morgan fingerprint density at radius 1 is 0.342 bits per heavy atom. The lowest BCUT2D eigenvalue weighted by atomic mass is 9.92. The molecule has 8 aromatic rings. The Labute approximate surface area is 219 Å². The summed E-state index contributed by atoms with van der Waals surface area (Å²) >= 11 is 0. The maximum Gasteiger partial charge on any atom is 0.0640 e. The van der Waals surface area contributed by atoms with E-state index in [0.29, 0.717) is 0 Å². The van der Waals surface area contributed by atoms with Crippen LogP contribution in [-0.4, -0.2) is 9.13 Å². The van der Waals surface area contributed by atoms with E-state index >= 15 is 0 Å². The first kappa shape index (κ1) is 20.0. The summed E-state index contributed by atoms with van der Waals surface area (Å²) in [6.07, 6.45) is 0. The van der Waals surface area contributed by atoms with Crippen LogP contribution in [0.2, 0.25) is 0 Å². The van der Waals surface area contributed by atoms with Crippen LogP contribution in [0.25, 0.3) is 77.2 Å². The van der Waals surface area contributed by atoms with Gasteiger partial charge in [0.25, 0.3) is 0 Å². The molecule has 38 heavy (non-hydrogen) atoms. The normalized spacial score (nSPS) is 12.2. The Kier molecular flexibility index (Phi) is 3.82. The molecule has 0 saturated carbocycles. The van der Waals surface area contributed by atoms with Gasteiger partial charge in [0.1, 0.15) is 0 Å². The zero-order valence-electron chi connectivity index (χ0n) is 20.6. The molecule has 0 N–H and O–H groups in total. The highest BCUT2D eigenvalue weighted by Gasteiger charge is 2.27. The molecule has 1 aliphatic rings. The van der Waals surface area contributed by atoms with Gasteiger partial charge in [-0.15, -0.1) is 0 Å². The molecule has 0 saturated heterocycles. The second kappa shape index (κ2) is 7.24. The van der Waals surface area contributed by atoms with Crippen molar-refractivity contribution < 1.29 is 0 Å². The van der Waals surface area contributed by atoms with Gasteiger partial charge in [0, 0.05) is 38.4 Å². The highest BCUT2D eigenvalue weighted by Crippen LogP contribution is 2.50. The molecule has 2 aromatic heterocycles. The van der Waals surface area contributed by atoms with Crippen LogP contribution < -0.4 is 0 Å². The number of benzene rings is 6. The quantitative estimate of drug-likeness (QED) is 0.220. The third-order valence-corrected chi connectivity index (χ3v) is 8.25. The summed E-state index contributed by atoms with van der Waals surface area (Å²) in [5.41, 5.74) is 12.5. The maximum absolute atomic E-state index is 2.50. The number of nitrogens with zero attached hydrogens (tertiary/aromatic N) is 2. The first-order valence-electron chi connectivity index (χ1n) is 13.1. The minimum atomic E-state index is 1.17. The van der Waals surface area contributed by atoms with E-state index in [1.165, 1.54) is 77.2 Å². The van der Waals surface area contributed by atoms with E-state index in [1.807, 2.05) is 0 Å². The number of fused-ring (bicyclic) bond motifs is 12. The monoisotopic (exact) mass is 482 g/mol. The standard InChI is InChI=1S/C36H22N2/c1-2-11-23(12-3-1)37-31-19-8-6-15-26(31)30-21-22-33-34(36(30)37)27-16-5-4-13-24(27)28-17-10-18-29-25-14-7-9-20-32(25)38(33)35(28)29/h1-22H. The Morgan fingerprint density at radius 3 is 1.71 bits per heavy atom. The third kappa shape index (κ3) is 2.42. The fourth-order valence-corrected chi connectivity index (χ4v) is 6.77. The molecule has 6 aromatic carbocycles. The number of para-hydroxylation sites is 4. The number of rotatable bonds is 1. The maximum atomic E-state index is 2.50. The van der Waals surface area contributed by atoms with Crippen LogP contribution in [0.5, 0.6) is 0 Å². The predicted octanol–water partition coefficient (Wildman–Crippen LogP) is 9.53. The Balaban J connectivity index is 1.60. The Hall–Kier alpha value is -5.08. The van der Waals surface area contributed by atoms with Gasteiger partial charge in [-0.1, -0.05) is 103 Å². The van der Waals surface area contributed by atoms with Gasteiger partial charge in [0.15, 0.2) is 0 Å².